The molecule has 182 valence electrons. The Morgan fingerprint density at radius 3 is 2.34 bits per heavy atom. The number of nitriles is 1. The Labute approximate surface area is 198 Å². The van der Waals surface area contributed by atoms with Gasteiger partial charge in [-0.15, -0.1) is 0 Å². The van der Waals surface area contributed by atoms with E-state index < -0.39 is 0 Å². The average Bonchev–Trinajstić information content (AvgIpc) is 3.45. The number of hydrogen-bond acceptors (Lipinski definition) is 3. The Balaban J connectivity index is 2.14. The van der Waals surface area contributed by atoms with Gasteiger partial charge in [0.2, 0.25) is 0 Å². The second-order valence-corrected chi connectivity index (χ2v) is 12.3. The van der Waals surface area contributed by atoms with Gasteiger partial charge in [0.15, 0.2) is 0 Å². The molecule has 1 heterocycles. The summed E-state index contributed by atoms with van der Waals surface area (Å²) in [6.07, 6.45) is 10.6. The fraction of sp³-hybridized carbons (Fsp3) is 0.857. The SMILES string of the molecule is CC(CC1CC1)=NC(=CC(C)C(C)C(C)CCC(C)C#N)CC1CC(C)(C)O[N+](C)(C)C1. The van der Waals surface area contributed by atoms with Gasteiger partial charge in [-0.2, -0.15) is 14.7 Å². The molecule has 0 aromatic carbocycles. The van der Waals surface area contributed by atoms with Crippen LogP contribution in [0.3, 0.4) is 0 Å². The van der Waals surface area contributed by atoms with Crippen LogP contribution in [0.5, 0.6) is 0 Å². The zero-order chi connectivity index (χ0) is 24.1. The van der Waals surface area contributed by atoms with E-state index in [0.29, 0.717) is 28.3 Å². The summed E-state index contributed by atoms with van der Waals surface area (Å²) in [6, 6.07) is 2.38. The van der Waals surface area contributed by atoms with E-state index in [4.69, 9.17) is 15.1 Å². The molecule has 0 bridgehead atoms. The molecular weight excluding hydrogens is 394 g/mol. The monoisotopic (exact) mass is 444 g/mol. The van der Waals surface area contributed by atoms with Crippen LogP contribution in [0.25, 0.3) is 0 Å². The lowest BCUT2D eigenvalue weighted by Gasteiger charge is -2.44. The van der Waals surface area contributed by atoms with Crippen LogP contribution >= 0.6 is 0 Å². The van der Waals surface area contributed by atoms with Crippen LogP contribution in [0.4, 0.5) is 0 Å². The Bertz CT molecular complexity index is 695. The van der Waals surface area contributed by atoms with Gasteiger partial charge in [0.05, 0.1) is 20.2 Å². The van der Waals surface area contributed by atoms with Gasteiger partial charge < -0.3 is 0 Å². The number of rotatable bonds is 11. The first-order chi connectivity index (χ1) is 14.8. The topological polar surface area (TPSA) is 45.4 Å². The summed E-state index contributed by atoms with van der Waals surface area (Å²) < 4.78 is 0.621. The molecule has 2 aliphatic rings. The van der Waals surface area contributed by atoms with E-state index >= 15 is 0 Å². The van der Waals surface area contributed by atoms with Crippen molar-refractivity contribution in [1.29, 1.82) is 5.26 Å². The van der Waals surface area contributed by atoms with Gasteiger partial charge in [0.25, 0.3) is 0 Å². The van der Waals surface area contributed by atoms with Crippen LogP contribution < -0.4 is 0 Å². The van der Waals surface area contributed by atoms with Crippen molar-refractivity contribution in [1.82, 2.24) is 0 Å². The van der Waals surface area contributed by atoms with E-state index in [2.05, 4.69) is 67.8 Å². The highest BCUT2D eigenvalue weighted by Crippen LogP contribution is 2.37. The van der Waals surface area contributed by atoms with Gasteiger partial charge in [0.1, 0.15) is 12.1 Å². The first-order valence-corrected chi connectivity index (χ1v) is 13.0. The van der Waals surface area contributed by atoms with E-state index in [1.165, 1.54) is 24.3 Å². The maximum Gasteiger partial charge on any atom is 0.122 e. The zero-order valence-electron chi connectivity index (χ0n) is 22.4. The number of nitrogens with zero attached hydrogens (tertiary/aromatic N) is 3. The number of hydrogen-bond donors (Lipinski definition) is 0. The second-order valence-electron chi connectivity index (χ2n) is 12.3. The molecule has 0 spiro atoms. The third-order valence-electron chi connectivity index (χ3n) is 7.54. The summed E-state index contributed by atoms with van der Waals surface area (Å²) in [4.78, 5) is 11.5. The molecule has 2 rings (SSSR count). The molecule has 1 aliphatic carbocycles. The van der Waals surface area contributed by atoms with Crippen molar-refractivity contribution in [2.75, 3.05) is 20.6 Å². The van der Waals surface area contributed by atoms with Crippen LogP contribution in [0, 0.1) is 46.8 Å². The Hall–Kier alpha value is -1.18. The highest BCUT2D eigenvalue weighted by atomic mass is 16.7. The predicted octanol–water partition coefficient (Wildman–Crippen LogP) is 7.18. The van der Waals surface area contributed by atoms with Crippen molar-refractivity contribution in [2.45, 2.75) is 99.0 Å². The van der Waals surface area contributed by atoms with Gasteiger partial charge in [-0.25, -0.2) is 0 Å². The highest BCUT2D eigenvalue weighted by Gasteiger charge is 2.41. The summed E-state index contributed by atoms with van der Waals surface area (Å²) >= 11 is 0. The lowest BCUT2D eigenvalue weighted by molar-refractivity contribution is -1.10. The fourth-order valence-corrected chi connectivity index (χ4v) is 5.55. The van der Waals surface area contributed by atoms with Crippen molar-refractivity contribution in [3.05, 3.63) is 11.8 Å². The number of hydroxylamine groups is 3. The van der Waals surface area contributed by atoms with Gasteiger partial charge in [-0.1, -0.05) is 26.8 Å². The van der Waals surface area contributed by atoms with Crippen LogP contribution in [0.1, 0.15) is 93.4 Å². The minimum atomic E-state index is -0.102. The van der Waals surface area contributed by atoms with E-state index in [0.717, 1.165) is 44.6 Å². The summed E-state index contributed by atoms with van der Waals surface area (Å²) in [6.45, 7) is 16.8. The van der Waals surface area contributed by atoms with Gasteiger partial charge in [0, 0.05) is 23.2 Å². The lowest BCUT2D eigenvalue weighted by Crippen LogP contribution is -2.55. The third kappa shape index (κ3) is 9.36. The third-order valence-corrected chi connectivity index (χ3v) is 7.54. The summed E-state index contributed by atoms with van der Waals surface area (Å²) in [5.74, 6) is 3.26. The first kappa shape index (κ1) is 27.1. The molecule has 0 N–H and O–H groups in total. The molecule has 1 aliphatic heterocycles. The van der Waals surface area contributed by atoms with E-state index in [9.17, 15) is 0 Å². The molecule has 1 saturated heterocycles. The van der Waals surface area contributed by atoms with Crippen molar-refractivity contribution < 1.29 is 9.48 Å². The van der Waals surface area contributed by atoms with Crippen LogP contribution in [0.15, 0.2) is 16.8 Å². The molecule has 5 unspecified atom stereocenters. The Kier molecular flexibility index (Phi) is 9.56. The molecule has 0 radical (unpaired) electrons. The molecule has 4 heteroatoms. The van der Waals surface area contributed by atoms with Gasteiger partial charge in [-0.05, 0) is 96.3 Å². The number of aliphatic imine (C=N–C) groups is 1. The van der Waals surface area contributed by atoms with Crippen LogP contribution in [-0.2, 0) is 4.84 Å². The fourth-order valence-electron chi connectivity index (χ4n) is 5.55. The molecule has 5 atom stereocenters. The lowest BCUT2D eigenvalue weighted by atomic mass is 9.80. The van der Waals surface area contributed by atoms with Crippen molar-refractivity contribution >= 4 is 5.71 Å². The van der Waals surface area contributed by atoms with Gasteiger partial charge in [-0.3, -0.25) is 4.99 Å². The molecule has 32 heavy (non-hydrogen) atoms. The predicted molar refractivity (Wildman–Crippen MR) is 135 cm³/mol. The van der Waals surface area contributed by atoms with E-state index in [-0.39, 0.29) is 11.5 Å². The Morgan fingerprint density at radius 1 is 1.12 bits per heavy atom. The molecular formula is C28H50N3O+. The van der Waals surface area contributed by atoms with Crippen LogP contribution in [0.2, 0.25) is 0 Å². The minimum absolute atomic E-state index is 0.102. The first-order valence-electron chi connectivity index (χ1n) is 13.0. The molecule has 4 nitrogen and oxygen atoms in total. The second kappa shape index (κ2) is 11.3. The smallest absolute Gasteiger partial charge is 0.122 e. The molecule has 0 amide bonds. The van der Waals surface area contributed by atoms with E-state index in [1.54, 1.807) is 0 Å². The quantitative estimate of drug-likeness (QED) is 0.250. The summed E-state index contributed by atoms with van der Waals surface area (Å²) in [7, 11) is 4.35. The average molecular weight is 445 g/mol. The zero-order valence-corrected chi connectivity index (χ0v) is 22.4. The number of quaternary nitrogens is 1. The molecule has 0 aromatic rings. The normalized spacial score (nSPS) is 27.3. The van der Waals surface area contributed by atoms with Crippen molar-refractivity contribution in [3.8, 4) is 6.07 Å². The maximum atomic E-state index is 9.11. The van der Waals surface area contributed by atoms with Crippen LogP contribution in [-0.4, -0.2) is 36.6 Å². The van der Waals surface area contributed by atoms with E-state index in [1.807, 2.05) is 6.92 Å². The standard InChI is InChI=1S/C28H50N3O/c1-20(18-29)10-11-21(2)24(5)22(3)14-27(30-23(4)15-25-12-13-25)16-26-17-28(6,7)32-31(8,9)19-26/h14,20-22,24-26H,10-13,15-17,19H2,1-9H3/q+1. The summed E-state index contributed by atoms with van der Waals surface area (Å²) in [5, 5.41) is 9.11. The molecule has 0 aromatic heterocycles. The maximum absolute atomic E-state index is 9.11. The van der Waals surface area contributed by atoms with Gasteiger partial charge >= 0.3 is 0 Å². The molecule has 1 saturated carbocycles. The van der Waals surface area contributed by atoms with Crippen molar-refractivity contribution in [3.63, 3.8) is 0 Å². The largest absolute Gasteiger partial charge is 0.263 e. The summed E-state index contributed by atoms with van der Waals surface area (Å²) in [5.41, 5.74) is 2.48. The Morgan fingerprint density at radius 2 is 1.78 bits per heavy atom. The van der Waals surface area contributed by atoms with Crippen molar-refractivity contribution in [2.24, 2.45) is 40.5 Å². The number of allylic oxidation sites excluding steroid dienone is 2. The minimum Gasteiger partial charge on any atom is -0.263 e. The highest BCUT2D eigenvalue weighted by molar-refractivity contribution is 5.83. The molecule has 2 fully saturated rings.